The number of nitro groups is 1. The topological polar surface area (TPSA) is 88.8 Å². The third-order valence-corrected chi connectivity index (χ3v) is 6.32. The van der Waals surface area contributed by atoms with Gasteiger partial charge < -0.3 is 14.5 Å². The van der Waals surface area contributed by atoms with E-state index in [9.17, 15) is 14.9 Å². The lowest BCUT2D eigenvalue weighted by Crippen LogP contribution is -2.48. The Morgan fingerprint density at radius 3 is 2.29 bits per heavy atom. The summed E-state index contributed by atoms with van der Waals surface area (Å²) in [6.07, 6.45) is 0. The molecule has 1 aliphatic heterocycles. The Balaban J connectivity index is 1.39. The van der Waals surface area contributed by atoms with E-state index in [0.717, 1.165) is 33.6 Å². The smallest absolute Gasteiger partial charge is 0.269 e. The van der Waals surface area contributed by atoms with Crippen LogP contribution in [-0.2, 0) is 0 Å². The molecule has 3 aromatic carbocycles. The predicted octanol–water partition coefficient (Wildman–Crippen LogP) is 4.78. The number of benzene rings is 3. The molecule has 0 unspecified atom stereocenters. The van der Waals surface area contributed by atoms with E-state index in [0.29, 0.717) is 31.7 Å². The number of amides is 1. The normalized spacial score (nSPS) is 13.6. The highest BCUT2D eigenvalue weighted by molar-refractivity contribution is 6.07. The molecule has 0 saturated carbocycles. The fraction of sp³-hybridized carbons (Fsp3) is 0.185. The number of carbonyl (C=O) groups is 1. The Morgan fingerprint density at radius 1 is 0.943 bits per heavy atom. The lowest BCUT2D eigenvalue weighted by molar-refractivity contribution is -0.384. The third kappa shape index (κ3) is 4.50. The number of nitrogens with zero attached hydrogens (tertiary/aromatic N) is 4. The second-order valence-corrected chi connectivity index (χ2v) is 8.35. The summed E-state index contributed by atoms with van der Waals surface area (Å²) in [7, 11) is 1.63. The van der Waals surface area contributed by atoms with Crippen LogP contribution in [0.25, 0.3) is 22.2 Å². The summed E-state index contributed by atoms with van der Waals surface area (Å²) in [5.74, 6) is 0.735. The highest BCUT2D eigenvalue weighted by Crippen LogP contribution is 2.28. The van der Waals surface area contributed by atoms with Gasteiger partial charge in [0.05, 0.1) is 28.8 Å². The first kappa shape index (κ1) is 22.3. The van der Waals surface area contributed by atoms with Gasteiger partial charge in [0, 0.05) is 54.9 Å². The predicted molar refractivity (Wildman–Crippen MR) is 135 cm³/mol. The number of aromatic nitrogens is 1. The molecule has 5 rings (SSSR count). The van der Waals surface area contributed by atoms with Crippen molar-refractivity contribution in [3.8, 4) is 17.0 Å². The average Bonchev–Trinajstić information content (AvgIpc) is 2.92. The van der Waals surface area contributed by atoms with Crippen LogP contribution in [0.2, 0.25) is 0 Å². The first-order valence-corrected chi connectivity index (χ1v) is 11.4. The van der Waals surface area contributed by atoms with Crippen LogP contribution in [0.1, 0.15) is 10.4 Å². The van der Waals surface area contributed by atoms with Crippen LogP contribution in [-0.4, -0.2) is 54.0 Å². The van der Waals surface area contributed by atoms with Gasteiger partial charge in [-0.15, -0.1) is 0 Å². The van der Waals surface area contributed by atoms with Crippen molar-refractivity contribution in [2.45, 2.75) is 0 Å². The van der Waals surface area contributed by atoms with Gasteiger partial charge in [0.15, 0.2) is 0 Å². The maximum atomic E-state index is 13.6. The Bertz CT molecular complexity index is 1380. The van der Waals surface area contributed by atoms with Gasteiger partial charge in [-0.1, -0.05) is 18.2 Å². The minimum atomic E-state index is -0.403. The number of para-hydroxylation sites is 1. The molecular weight excluding hydrogens is 444 g/mol. The third-order valence-electron chi connectivity index (χ3n) is 6.32. The molecule has 1 fully saturated rings. The summed E-state index contributed by atoms with van der Waals surface area (Å²) in [6.45, 7) is 2.42. The Hall–Kier alpha value is -4.46. The van der Waals surface area contributed by atoms with E-state index < -0.39 is 4.92 Å². The van der Waals surface area contributed by atoms with Crippen LogP contribution in [0.5, 0.6) is 5.75 Å². The number of rotatable bonds is 5. The van der Waals surface area contributed by atoms with Crippen LogP contribution >= 0.6 is 0 Å². The maximum Gasteiger partial charge on any atom is 0.269 e. The number of hydrogen-bond acceptors (Lipinski definition) is 6. The monoisotopic (exact) mass is 468 g/mol. The van der Waals surface area contributed by atoms with Crippen molar-refractivity contribution in [3.05, 3.63) is 94.5 Å². The zero-order chi connectivity index (χ0) is 24.4. The molecule has 8 nitrogen and oxygen atoms in total. The van der Waals surface area contributed by atoms with Gasteiger partial charge in [-0.3, -0.25) is 14.9 Å². The Kier molecular flexibility index (Phi) is 6.01. The highest BCUT2D eigenvalue weighted by Gasteiger charge is 2.25. The molecule has 1 amide bonds. The molecule has 0 aliphatic carbocycles. The highest BCUT2D eigenvalue weighted by atomic mass is 16.6. The molecule has 1 aliphatic rings. The number of anilines is 1. The zero-order valence-electron chi connectivity index (χ0n) is 19.3. The second kappa shape index (κ2) is 9.42. The molecule has 8 heteroatoms. The van der Waals surface area contributed by atoms with Gasteiger partial charge in [0.2, 0.25) is 0 Å². The summed E-state index contributed by atoms with van der Waals surface area (Å²) >= 11 is 0. The maximum absolute atomic E-state index is 13.6. The summed E-state index contributed by atoms with van der Waals surface area (Å²) in [4.78, 5) is 33.0. The molecule has 0 spiro atoms. The van der Waals surface area contributed by atoms with Crippen molar-refractivity contribution in [1.82, 2.24) is 9.88 Å². The molecule has 35 heavy (non-hydrogen) atoms. The minimum Gasteiger partial charge on any atom is -0.497 e. The summed E-state index contributed by atoms with van der Waals surface area (Å²) in [6, 6.07) is 23.7. The van der Waals surface area contributed by atoms with Gasteiger partial charge in [-0.2, -0.15) is 0 Å². The number of piperazine rings is 1. The van der Waals surface area contributed by atoms with E-state index >= 15 is 0 Å². The van der Waals surface area contributed by atoms with E-state index in [4.69, 9.17) is 9.72 Å². The number of hydrogen-bond donors (Lipinski definition) is 0. The SMILES string of the molecule is COc1ccc(-c2cc(C(=O)N3CCN(c4ccc([N+](=O)[O-])cc4)CC3)c3ccccc3n2)cc1. The number of ether oxygens (including phenoxy) is 1. The summed E-state index contributed by atoms with van der Waals surface area (Å²) < 4.78 is 5.26. The average molecular weight is 469 g/mol. The van der Waals surface area contributed by atoms with Gasteiger partial charge in [-0.05, 0) is 48.5 Å². The van der Waals surface area contributed by atoms with Crippen molar-refractivity contribution >= 4 is 28.2 Å². The number of methoxy groups -OCH3 is 1. The molecule has 1 aromatic heterocycles. The van der Waals surface area contributed by atoms with Crippen LogP contribution in [0.3, 0.4) is 0 Å². The number of pyridine rings is 1. The zero-order valence-corrected chi connectivity index (χ0v) is 19.3. The van der Waals surface area contributed by atoms with Crippen molar-refractivity contribution < 1.29 is 14.5 Å². The van der Waals surface area contributed by atoms with E-state index in [1.807, 2.05) is 59.5 Å². The molecule has 4 aromatic rings. The molecule has 1 saturated heterocycles. The number of fused-ring (bicyclic) bond motifs is 1. The molecule has 0 N–H and O–H groups in total. The first-order chi connectivity index (χ1) is 17.0. The van der Waals surface area contributed by atoms with Crippen molar-refractivity contribution in [2.24, 2.45) is 0 Å². The van der Waals surface area contributed by atoms with Crippen molar-refractivity contribution in [2.75, 3.05) is 38.2 Å². The van der Waals surface area contributed by atoms with Gasteiger partial charge >= 0.3 is 0 Å². The minimum absolute atomic E-state index is 0.0262. The van der Waals surface area contributed by atoms with Gasteiger partial charge in [-0.25, -0.2) is 4.98 Å². The largest absolute Gasteiger partial charge is 0.497 e. The summed E-state index contributed by atoms with van der Waals surface area (Å²) in [5, 5.41) is 11.7. The second-order valence-electron chi connectivity index (χ2n) is 8.35. The van der Waals surface area contributed by atoms with Crippen LogP contribution < -0.4 is 9.64 Å². The van der Waals surface area contributed by atoms with Gasteiger partial charge in [0.25, 0.3) is 11.6 Å². The number of non-ortho nitro benzene ring substituents is 1. The number of nitro benzene ring substituents is 1. The Morgan fingerprint density at radius 2 is 1.63 bits per heavy atom. The molecule has 0 radical (unpaired) electrons. The Labute approximate surface area is 202 Å². The van der Waals surface area contributed by atoms with E-state index in [1.165, 1.54) is 12.1 Å². The standard InChI is InChI=1S/C27H24N4O4/c1-35-22-12-6-19(7-13-22)26-18-24(23-4-2-3-5-25(23)28-26)27(32)30-16-14-29(15-17-30)20-8-10-21(11-9-20)31(33)34/h2-13,18H,14-17H2,1H3. The molecule has 0 bridgehead atoms. The van der Waals surface area contributed by atoms with E-state index in [1.54, 1.807) is 19.2 Å². The van der Waals surface area contributed by atoms with Crippen molar-refractivity contribution in [3.63, 3.8) is 0 Å². The van der Waals surface area contributed by atoms with E-state index in [2.05, 4.69) is 4.90 Å². The quantitative estimate of drug-likeness (QED) is 0.309. The van der Waals surface area contributed by atoms with Crippen molar-refractivity contribution in [1.29, 1.82) is 0 Å². The van der Waals surface area contributed by atoms with Crippen LogP contribution in [0.4, 0.5) is 11.4 Å². The number of carbonyl (C=O) groups excluding carboxylic acids is 1. The van der Waals surface area contributed by atoms with E-state index in [-0.39, 0.29) is 11.6 Å². The fourth-order valence-electron chi connectivity index (χ4n) is 4.39. The van der Waals surface area contributed by atoms with Gasteiger partial charge in [0.1, 0.15) is 5.75 Å². The molecule has 0 atom stereocenters. The molecule has 2 heterocycles. The van der Waals surface area contributed by atoms with Crippen LogP contribution in [0, 0.1) is 10.1 Å². The fourth-order valence-corrected chi connectivity index (χ4v) is 4.39. The van der Waals surface area contributed by atoms with Crippen LogP contribution in [0.15, 0.2) is 78.9 Å². The summed E-state index contributed by atoms with van der Waals surface area (Å²) in [5.41, 5.74) is 4.03. The lowest BCUT2D eigenvalue weighted by Gasteiger charge is -2.36. The first-order valence-electron chi connectivity index (χ1n) is 11.4. The molecule has 176 valence electrons. The molecular formula is C27H24N4O4. The lowest BCUT2D eigenvalue weighted by atomic mass is 10.0.